The molecule has 0 spiro atoms. The minimum atomic E-state index is 0.334. The number of hydrogen-bond acceptors (Lipinski definition) is 2. The Kier molecular flexibility index (Phi) is 1.31. The summed E-state index contributed by atoms with van der Waals surface area (Å²) in [5.41, 5.74) is 2.10. The molecule has 0 radical (unpaired) electrons. The van der Waals surface area contributed by atoms with Gasteiger partial charge in [-0.15, -0.1) is 0 Å². The second-order valence-corrected chi connectivity index (χ2v) is 2.94. The first-order valence-corrected chi connectivity index (χ1v) is 3.79. The van der Waals surface area contributed by atoms with Crippen LogP contribution in [0, 0.1) is 6.92 Å². The standard InChI is InChI=1S/C8H10N2O/c1-6-8-4-7(11)2-3-10(8)5-9-6/h5H,2-4H2,1H3. The van der Waals surface area contributed by atoms with Gasteiger partial charge < -0.3 is 4.57 Å². The van der Waals surface area contributed by atoms with E-state index in [2.05, 4.69) is 9.55 Å². The van der Waals surface area contributed by atoms with E-state index in [0.29, 0.717) is 18.6 Å². The van der Waals surface area contributed by atoms with Gasteiger partial charge in [0.15, 0.2) is 0 Å². The Balaban J connectivity index is 2.45. The highest BCUT2D eigenvalue weighted by Crippen LogP contribution is 2.14. The molecule has 0 aliphatic carbocycles. The number of fused-ring (bicyclic) bond motifs is 1. The van der Waals surface area contributed by atoms with Crippen LogP contribution in [0.5, 0.6) is 0 Å². The number of nitrogens with zero attached hydrogens (tertiary/aromatic N) is 2. The largest absolute Gasteiger partial charge is 0.333 e. The van der Waals surface area contributed by atoms with Gasteiger partial charge in [-0.1, -0.05) is 0 Å². The molecule has 0 N–H and O–H groups in total. The second-order valence-electron chi connectivity index (χ2n) is 2.94. The molecule has 1 aromatic heterocycles. The molecule has 11 heavy (non-hydrogen) atoms. The summed E-state index contributed by atoms with van der Waals surface area (Å²) in [5.74, 6) is 0.334. The first-order valence-electron chi connectivity index (χ1n) is 3.79. The van der Waals surface area contributed by atoms with Crippen LogP contribution < -0.4 is 0 Å². The Morgan fingerprint density at radius 2 is 2.45 bits per heavy atom. The molecule has 1 aliphatic heterocycles. The minimum Gasteiger partial charge on any atom is -0.333 e. The maximum atomic E-state index is 11.0. The van der Waals surface area contributed by atoms with Gasteiger partial charge >= 0.3 is 0 Å². The number of ketones is 1. The van der Waals surface area contributed by atoms with Crippen molar-refractivity contribution in [3.63, 3.8) is 0 Å². The van der Waals surface area contributed by atoms with Gasteiger partial charge in [0.2, 0.25) is 0 Å². The van der Waals surface area contributed by atoms with Crippen LogP contribution in [0.4, 0.5) is 0 Å². The van der Waals surface area contributed by atoms with Crippen LogP contribution in [-0.4, -0.2) is 15.3 Å². The first-order chi connectivity index (χ1) is 5.27. The Morgan fingerprint density at radius 1 is 1.64 bits per heavy atom. The van der Waals surface area contributed by atoms with Gasteiger partial charge in [0, 0.05) is 25.1 Å². The lowest BCUT2D eigenvalue weighted by Gasteiger charge is -2.13. The Bertz CT molecular complexity index is 301. The number of aryl methyl sites for hydroxylation is 2. The van der Waals surface area contributed by atoms with Gasteiger partial charge in [-0.3, -0.25) is 4.79 Å². The number of hydrogen-bond donors (Lipinski definition) is 0. The number of Topliss-reactive ketones (excluding diaryl/α,β-unsaturated/α-hetero) is 1. The highest BCUT2D eigenvalue weighted by Gasteiger charge is 2.17. The summed E-state index contributed by atoms with van der Waals surface area (Å²) in [6, 6.07) is 0. The molecule has 1 aliphatic rings. The topological polar surface area (TPSA) is 34.9 Å². The molecule has 0 aromatic carbocycles. The molecule has 3 heteroatoms. The predicted molar refractivity (Wildman–Crippen MR) is 40.3 cm³/mol. The Labute approximate surface area is 65.1 Å². The van der Waals surface area contributed by atoms with E-state index in [-0.39, 0.29) is 0 Å². The van der Waals surface area contributed by atoms with Gasteiger partial charge in [0.05, 0.1) is 12.0 Å². The molecule has 1 aromatic rings. The van der Waals surface area contributed by atoms with Crippen LogP contribution in [0.25, 0.3) is 0 Å². The van der Waals surface area contributed by atoms with Crippen molar-refractivity contribution in [2.75, 3.05) is 0 Å². The van der Waals surface area contributed by atoms with Crippen LogP contribution in [0.3, 0.4) is 0 Å². The van der Waals surface area contributed by atoms with Crippen molar-refractivity contribution in [1.29, 1.82) is 0 Å². The average molecular weight is 150 g/mol. The minimum absolute atomic E-state index is 0.334. The van der Waals surface area contributed by atoms with Crippen LogP contribution >= 0.6 is 0 Å². The maximum absolute atomic E-state index is 11.0. The summed E-state index contributed by atoms with van der Waals surface area (Å²) in [6.45, 7) is 2.76. The van der Waals surface area contributed by atoms with Crippen LogP contribution in [0.1, 0.15) is 17.8 Å². The fourth-order valence-electron chi connectivity index (χ4n) is 1.45. The third-order valence-electron chi connectivity index (χ3n) is 2.15. The highest BCUT2D eigenvalue weighted by atomic mass is 16.1. The monoisotopic (exact) mass is 150 g/mol. The van der Waals surface area contributed by atoms with E-state index in [9.17, 15) is 4.79 Å². The second kappa shape index (κ2) is 2.19. The molecular weight excluding hydrogens is 140 g/mol. The fourth-order valence-corrected chi connectivity index (χ4v) is 1.45. The molecule has 0 fully saturated rings. The average Bonchev–Trinajstić information content (AvgIpc) is 2.33. The summed E-state index contributed by atoms with van der Waals surface area (Å²) in [5, 5.41) is 0. The van der Waals surface area contributed by atoms with Crippen molar-refractivity contribution in [2.45, 2.75) is 26.3 Å². The van der Waals surface area contributed by atoms with Crippen molar-refractivity contribution < 1.29 is 4.79 Å². The van der Waals surface area contributed by atoms with E-state index in [4.69, 9.17) is 0 Å². The van der Waals surface area contributed by atoms with Gasteiger partial charge in [0.1, 0.15) is 5.78 Å². The summed E-state index contributed by atoms with van der Waals surface area (Å²) >= 11 is 0. The van der Waals surface area contributed by atoms with E-state index in [0.717, 1.165) is 17.9 Å². The zero-order valence-corrected chi connectivity index (χ0v) is 6.50. The Morgan fingerprint density at radius 3 is 3.27 bits per heavy atom. The van der Waals surface area contributed by atoms with E-state index in [1.54, 1.807) is 0 Å². The van der Waals surface area contributed by atoms with Gasteiger partial charge in [-0.25, -0.2) is 4.98 Å². The number of imidazole rings is 1. The third-order valence-corrected chi connectivity index (χ3v) is 2.15. The van der Waals surface area contributed by atoms with Crippen molar-refractivity contribution >= 4 is 5.78 Å². The van der Waals surface area contributed by atoms with E-state index >= 15 is 0 Å². The molecule has 2 heterocycles. The van der Waals surface area contributed by atoms with E-state index in [1.807, 2.05) is 13.3 Å². The lowest BCUT2D eigenvalue weighted by Crippen LogP contribution is -2.18. The van der Waals surface area contributed by atoms with Gasteiger partial charge in [-0.2, -0.15) is 0 Å². The molecule has 2 rings (SSSR count). The van der Waals surface area contributed by atoms with E-state index in [1.165, 1.54) is 0 Å². The molecule has 0 unspecified atom stereocenters. The molecule has 58 valence electrons. The molecule has 0 saturated heterocycles. The fraction of sp³-hybridized carbons (Fsp3) is 0.500. The summed E-state index contributed by atoms with van der Waals surface area (Å²) in [4.78, 5) is 15.2. The van der Waals surface area contributed by atoms with Crippen molar-refractivity contribution in [1.82, 2.24) is 9.55 Å². The summed E-state index contributed by atoms with van der Waals surface area (Å²) in [6.07, 6.45) is 3.06. The van der Waals surface area contributed by atoms with Crippen LogP contribution in [-0.2, 0) is 17.8 Å². The summed E-state index contributed by atoms with van der Waals surface area (Å²) < 4.78 is 2.07. The van der Waals surface area contributed by atoms with E-state index < -0.39 is 0 Å². The zero-order valence-electron chi connectivity index (χ0n) is 6.50. The smallest absolute Gasteiger partial charge is 0.140 e. The number of rotatable bonds is 0. The Hall–Kier alpha value is -1.12. The normalized spacial score (nSPS) is 16.6. The van der Waals surface area contributed by atoms with Gasteiger partial charge in [-0.05, 0) is 6.92 Å². The maximum Gasteiger partial charge on any atom is 0.140 e. The molecule has 0 atom stereocenters. The first kappa shape index (κ1) is 6.58. The van der Waals surface area contributed by atoms with Crippen molar-refractivity contribution in [3.05, 3.63) is 17.7 Å². The summed E-state index contributed by atoms with van der Waals surface area (Å²) in [7, 11) is 0. The molecule has 3 nitrogen and oxygen atoms in total. The van der Waals surface area contributed by atoms with Crippen molar-refractivity contribution in [3.8, 4) is 0 Å². The highest BCUT2D eigenvalue weighted by molar-refractivity contribution is 5.81. The predicted octanol–water partition coefficient (Wildman–Crippen LogP) is 0.707. The molecule has 0 amide bonds. The molecular formula is C8H10N2O. The zero-order chi connectivity index (χ0) is 7.84. The lowest BCUT2D eigenvalue weighted by molar-refractivity contribution is -0.119. The third kappa shape index (κ3) is 0.964. The van der Waals surface area contributed by atoms with Crippen LogP contribution in [0.15, 0.2) is 6.33 Å². The number of carbonyl (C=O) groups excluding carboxylic acids is 1. The molecule has 0 bridgehead atoms. The lowest BCUT2D eigenvalue weighted by atomic mass is 10.1. The quantitative estimate of drug-likeness (QED) is 0.545. The van der Waals surface area contributed by atoms with Crippen LogP contribution in [0.2, 0.25) is 0 Å². The van der Waals surface area contributed by atoms with Crippen molar-refractivity contribution in [2.24, 2.45) is 0 Å². The van der Waals surface area contributed by atoms with Gasteiger partial charge in [0.25, 0.3) is 0 Å². The SMILES string of the molecule is Cc1ncn2c1CC(=O)CC2. The number of carbonyl (C=O) groups is 1. The number of aromatic nitrogens is 2. The molecule has 0 saturated carbocycles.